The number of hydrogen-bond donors (Lipinski definition) is 2. The lowest BCUT2D eigenvalue weighted by Gasteiger charge is -2.22. The van der Waals surface area contributed by atoms with E-state index in [4.69, 9.17) is 5.26 Å². The highest BCUT2D eigenvalue weighted by Gasteiger charge is 2.56. The van der Waals surface area contributed by atoms with Crippen LogP contribution in [0.3, 0.4) is 0 Å². The summed E-state index contributed by atoms with van der Waals surface area (Å²) < 4.78 is 12.6. The number of nitrogens with one attached hydrogen (secondary N) is 2. The van der Waals surface area contributed by atoms with Crippen molar-refractivity contribution in [1.29, 1.82) is 5.26 Å². The number of carbonyl (C=O) groups excluding carboxylic acids is 2. The fourth-order valence-electron chi connectivity index (χ4n) is 3.49. The number of halogens is 1. The van der Waals surface area contributed by atoms with Gasteiger partial charge in [0.25, 0.3) is 5.91 Å². The highest BCUT2D eigenvalue weighted by molar-refractivity contribution is 5.93. The monoisotopic (exact) mass is 332 g/mol. The van der Waals surface area contributed by atoms with Gasteiger partial charge in [0, 0.05) is 12.5 Å². The molecular weight excluding hydrogens is 311 g/mol. The third kappa shape index (κ3) is 3.01. The van der Waals surface area contributed by atoms with Crippen molar-refractivity contribution in [3.05, 3.63) is 23.5 Å². The zero-order valence-corrected chi connectivity index (χ0v) is 13.6. The summed E-state index contributed by atoms with van der Waals surface area (Å²) in [5.41, 5.74) is 0.739. The molecule has 2 aliphatic rings. The first kappa shape index (κ1) is 16.5. The summed E-state index contributed by atoms with van der Waals surface area (Å²) in [6.45, 7) is 1.50. The third-order valence-corrected chi connectivity index (χ3v) is 4.96. The number of aromatic nitrogens is 1. The van der Waals surface area contributed by atoms with Crippen LogP contribution >= 0.6 is 0 Å². The summed E-state index contributed by atoms with van der Waals surface area (Å²) in [4.78, 5) is 29.3. The molecule has 0 radical (unpaired) electrons. The van der Waals surface area contributed by atoms with Gasteiger partial charge in [-0.15, -0.1) is 0 Å². The molecule has 4 unspecified atom stereocenters. The number of H-pyrrole nitrogens is 1. The maximum absolute atomic E-state index is 12.8. The molecule has 0 aromatic carbocycles. The van der Waals surface area contributed by atoms with Crippen LogP contribution in [0.1, 0.15) is 42.4 Å². The van der Waals surface area contributed by atoms with Gasteiger partial charge in [0.1, 0.15) is 24.1 Å². The fraction of sp³-hybridized carbons (Fsp3) is 0.588. The highest BCUT2D eigenvalue weighted by atomic mass is 19.1. The molecule has 6 nitrogen and oxygen atoms in total. The minimum absolute atomic E-state index is 0.0374. The number of likely N-dealkylation sites (tertiary alicyclic amines) is 1. The standard InChI is InChI=1S/C17H21FN4O2/c1-10(8-18)16(23)21-14-12-4-2-3-7-22(15(12)14)17(24)13-6-5-11(9-19)20-13/h5-6,10,12,14-15,20H,2-4,7-8H2,1H3,(H,21,23). The first-order valence-electron chi connectivity index (χ1n) is 8.33. The molecular formula is C17H21FN4O2. The quantitative estimate of drug-likeness (QED) is 0.878. The van der Waals surface area contributed by atoms with Crippen molar-refractivity contribution >= 4 is 11.8 Å². The molecule has 1 aromatic heterocycles. The van der Waals surface area contributed by atoms with Crippen LogP contribution in [-0.2, 0) is 4.79 Å². The molecule has 1 saturated heterocycles. The van der Waals surface area contributed by atoms with E-state index in [9.17, 15) is 14.0 Å². The van der Waals surface area contributed by atoms with Gasteiger partial charge in [-0.3, -0.25) is 14.0 Å². The van der Waals surface area contributed by atoms with E-state index in [0.717, 1.165) is 19.3 Å². The van der Waals surface area contributed by atoms with E-state index in [1.807, 2.05) is 6.07 Å². The van der Waals surface area contributed by atoms with Gasteiger partial charge in [-0.2, -0.15) is 5.26 Å². The minimum Gasteiger partial charge on any atom is -0.351 e. The van der Waals surface area contributed by atoms with E-state index in [1.54, 1.807) is 24.0 Å². The van der Waals surface area contributed by atoms with Crippen molar-refractivity contribution in [2.24, 2.45) is 11.8 Å². The van der Waals surface area contributed by atoms with Gasteiger partial charge >= 0.3 is 0 Å². The van der Waals surface area contributed by atoms with Crippen LogP contribution in [0.2, 0.25) is 0 Å². The Kier molecular flexibility index (Phi) is 4.56. The van der Waals surface area contributed by atoms with Gasteiger partial charge in [0.15, 0.2) is 0 Å². The molecule has 2 N–H and O–H groups in total. The Balaban J connectivity index is 1.72. The van der Waals surface area contributed by atoms with Crippen molar-refractivity contribution in [2.75, 3.05) is 13.2 Å². The first-order chi connectivity index (χ1) is 11.6. The Morgan fingerprint density at radius 1 is 1.50 bits per heavy atom. The average Bonchev–Trinajstić information content (AvgIpc) is 3.10. The van der Waals surface area contributed by atoms with Crippen LogP contribution in [0, 0.1) is 23.2 Å². The molecule has 0 bridgehead atoms. The maximum atomic E-state index is 12.8. The van der Waals surface area contributed by atoms with E-state index in [2.05, 4.69) is 10.3 Å². The Morgan fingerprint density at radius 3 is 2.96 bits per heavy atom. The van der Waals surface area contributed by atoms with Crippen LogP contribution in [0.5, 0.6) is 0 Å². The molecule has 128 valence electrons. The number of nitrogens with zero attached hydrogens (tertiary/aromatic N) is 2. The summed E-state index contributed by atoms with van der Waals surface area (Å²) in [5, 5.41) is 11.8. The number of carbonyl (C=O) groups is 2. The molecule has 3 rings (SSSR count). The number of hydrogen-bond acceptors (Lipinski definition) is 3. The van der Waals surface area contributed by atoms with Crippen LogP contribution in [0.15, 0.2) is 12.1 Å². The number of nitriles is 1. The largest absolute Gasteiger partial charge is 0.351 e. The third-order valence-electron chi connectivity index (χ3n) is 4.96. The number of fused-ring (bicyclic) bond motifs is 1. The number of alkyl halides is 1. The molecule has 0 spiro atoms. The number of aromatic amines is 1. The van der Waals surface area contributed by atoms with Crippen LogP contribution in [0.4, 0.5) is 4.39 Å². The molecule has 1 aliphatic heterocycles. The molecule has 1 aliphatic carbocycles. The topological polar surface area (TPSA) is 89.0 Å². The number of amides is 2. The Labute approximate surface area is 140 Å². The van der Waals surface area contributed by atoms with E-state index in [0.29, 0.717) is 17.9 Å². The SMILES string of the molecule is CC(CF)C(=O)NC1C2CCCCN(C(=O)c3ccc(C#N)[nH]3)C21. The van der Waals surface area contributed by atoms with Gasteiger partial charge in [-0.1, -0.05) is 13.3 Å². The van der Waals surface area contributed by atoms with E-state index in [-0.39, 0.29) is 29.8 Å². The van der Waals surface area contributed by atoms with Crippen LogP contribution in [-0.4, -0.2) is 47.0 Å². The van der Waals surface area contributed by atoms with Gasteiger partial charge < -0.3 is 15.2 Å². The lowest BCUT2D eigenvalue weighted by Crippen LogP contribution is -2.40. The highest BCUT2D eigenvalue weighted by Crippen LogP contribution is 2.43. The lowest BCUT2D eigenvalue weighted by atomic mass is 10.1. The zero-order chi connectivity index (χ0) is 17.3. The summed E-state index contributed by atoms with van der Waals surface area (Å²) in [6.07, 6.45) is 2.88. The van der Waals surface area contributed by atoms with Crippen molar-refractivity contribution in [1.82, 2.24) is 15.2 Å². The minimum atomic E-state index is -0.685. The van der Waals surface area contributed by atoms with Crippen molar-refractivity contribution in [3.8, 4) is 6.07 Å². The lowest BCUT2D eigenvalue weighted by molar-refractivity contribution is -0.125. The predicted octanol–water partition coefficient (Wildman–Crippen LogP) is 1.60. The number of rotatable bonds is 4. The zero-order valence-electron chi connectivity index (χ0n) is 13.6. The second kappa shape index (κ2) is 6.63. The summed E-state index contributed by atoms with van der Waals surface area (Å²) in [6, 6.07) is 5.03. The van der Waals surface area contributed by atoms with E-state index >= 15 is 0 Å². The Hall–Kier alpha value is -2.36. The molecule has 7 heteroatoms. The second-order valence-corrected chi connectivity index (χ2v) is 6.64. The molecule has 24 heavy (non-hydrogen) atoms. The molecule has 2 fully saturated rings. The summed E-state index contributed by atoms with van der Waals surface area (Å²) >= 11 is 0. The normalized spacial score (nSPS) is 26.7. The molecule has 2 amide bonds. The van der Waals surface area contributed by atoms with E-state index < -0.39 is 12.6 Å². The fourth-order valence-corrected chi connectivity index (χ4v) is 3.49. The van der Waals surface area contributed by atoms with Gasteiger partial charge in [-0.25, -0.2) is 0 Å². The van der Waals surface area contributed by atoms with E-state index in [1.165, 1.54) is 0 Å². The van der Waals surface area contributed by atoms with Crippen LogP contribution < -0.4 is 5.32 Å². The molecule has 1 aromatic rings. The van der Waals surface area contributed by atoms with Crippen molar-refractivity contribution < 1.29 is 14.0 Å². The average molecular weight is 332 g/mol. The Bertz CT molecular complexity index is 680. The molecule has 2 heterocycles. The second-order valence-electron chi connectivity index (χ2n) is 6.64. The van der Waals surface area contributed by atoms with Crippen molar-refractivity contribution in [2.45, 2.75) is 38.3 Å². The first-order valence-corrected chi connectivity index (χ1v) is 8.33. The predicted molar refractivity (Wildman–Crippen MR) is 84.7 cm³/mol. The molecule has 1 saturated carbocycles. The van der Waals surface area contributed by atoms with Gasteiger partial charge in [0.05, 0.1) is 18.0 Å². The van der Waals surface area contributed by atoms with Crippen molar-refractivity contribution in [3.63, 3.8) is 0 Å². The maximum Gasteiger partial charge on any atom is 0.270 e. The van der Waals surface area contributed by atoms with Crippen LogP contribution in [0.25, 0.3) is 0 Å². The van der Waals surface area contributed by atoms with Gasteiger partial charge in [0.2, 0.25) is 5.91 Å². The molecule has 4 atom stereocenters. The Morgan fingerprint density at radius 2 is 2.29 bits per heavy atom. The van der Waals surface area contributed by atoms with Gasteiger partial charge in [-0.05, 0) is 25.0 Å². The summed E-state index contributed by atoms with van der Waals surface area (Å²) in [7, 11) is 0. The smallest absolute Gasteiger partial charge is 0.270 e. The summed E-state index contributed by atoms with van der Waals surface area (Å²) in [5.74, 6) is -0.878.